The Morgan fingerprint density at radius 2 is 1.15 bits per heavy atom. The van der Waals surface area contributed by atoms with Gasteiger partial charge in [0.1, 0.15) is 0 Å². The Morgan fingerprint density at radius 1 is 0.635 bits per heavy atom. The van der Waals surface area contributed by atoms with Crippen molar-refractivity contribution in [3.05, 3.63) is 147 Å². The maximum Gasteiger partial charge on any atom is 0.253 e. The zero-order valence-electron chi connectivity index (χ0n) is 29.4. The van der Waals surface area contributed by atoms with Crippen LogP contribution in [-0.2, 0) is 6.54 Å². The Bertz CT molecular complexity index is 2050. The zero-order chi connectivity index (χ0) is 37.2. The molecule has 0 atom stereocenters. The summed E-state index contributed by atoms with van der Waals surface area (Å²) in [6.07, 6.45) is 5.85. The first-order valence-corrected chi connectivity index (χ1v) is 21.0. The predicted octanol–water partition coefficient (Wildman–Crippen LogP) is 12.5. The summed E-state index contributed by atoms with van der Waals surface area (Å²) in [4.78, 5) is 25.7. The maximum absolute atomic E-state index is 12.8. The normalized spacial score (nSPS) is 12.7. The third kappa shape index (κ3) is 11.8. The van der Waals surface area contributed by atoms with Crippen molar-refractivity contribution in [3.8, 4) is 0 Å². The number of nitrogens with one attached hydrogen (secondary N) is 4. The second kappa shape index (κ2) is 19.4. The fourth-order valence-corrected chi connectivity index (χ4v) is 8.08. The number of amides is 2. The third-order valence-electron chi connectivity index (χ3n) is 8.84. The smallest absolute Gasteiger partial charge is 0.253 e. The molecule has 10 heteroatoms. The number of rotatable bonds is 9. The first-order valence-electron chi connectivity index (χ1n) is 17.2. The number of anilines is 4. The van der Waals surface area contributed by atoms with Crippen LogP contribution in [0.5, 0.6) is 0 Å². The van der Waals surface area contributed by atoms with Gasteiger partial charge in [0.15, 0.2) is 0 Å². The summed E-state index contributed by atoms with van der Waals surface area (Å²) < 4.78 is 4.16. The minimum Gasteiger partial charge on any atom is -0.355 e. The van der Waals surface area contributed by atoms with Gasteiger partial charge >= 0.3 is 0 Å². The zero-order valence-corrected chi connectivity index (χ0v) is 36.9. The van der Waals surface area contributed by atoms with E-state index in [0.29, 0.717) is 23.7 Å². The quantitative estimate of drug-likeness (QED) is 0.111. The second-order valence-electron chi connectivity index (χ2n) is 13.0. The topological polar surface area (TPSA) is 82.3 Å². The van der Waals surface area contributed by atoms with Gasteiger partial charge in [-0.3, -0.25) is 9.59 Å². The van der Waals surface area contributed by atoms with Gasteiger partial charge in [-0.2, -0.15) is 0 Å². The molecule has 2 amide bonds. The Balaban J connectivity index is 0.000000202. The molecule has 5 aromatic carbocycles. The molecule has 6 nitrogen and oxygen atoms in total. The molecule has 0 aromatic heterocycles. The fourth-order valence-electron chi connectivity index (χ4n) is 6.06. The molecule has 6 rings (SSSR count). The molecule has 1 aliphatic carbocycles. The van der Waals surface area contributed by atoms with Gasteiger partial charge in [0, 0.05) is 40.0 Å². The van der Waals surface area contributed by atoms with Crippen molar-refractivity contribution in [2.45, 2.75) is 65.5 Å². The van der Waals surface area contributed by atoms with E-state index in [2.05, 4.69) is 142 Å². The van der Waals surface area contributed by atoms with Crippen molar-refractivity contribution in [2.24, 2.45) is 0 Å². The maximum atomic E-state index is 12.8. The first kappa shape index (κ1) is 40.2. The molecule has 0 spiro atoms. The van der Waals surface area contributed by atoms with Gasteiger partial charge in [0.25, 0.3) is 11.8 Å². The Morgan fingerprint density at radius 3 is 1.67 bits per heavy atom. The van der Waals surface area contributed by atoms with Crippen LogP contribution in [0.15, 0.2) is 106 Å². The summed E-state index contributed by atoms with van der Waals surface area (Å²) in [6.45, 7) is 6.67. The lowest BCUT2D eigenvalue weighted by atomic mass is 9.95. The molecule has 0 saturated heterocycles. The van der Waals surface area contributed by atoms with Gasteiger partial charge in [0.05, 0.1) is 22.5 Å². The molecule has 1 aliphatic rings. The van der Waals surface area contributed by atoms with Gasteiger partial charge in [-0.15, -0.1) is 0 Å². The molecule has 0 radical (unpaired) electrons. The molecule has 1 fully saturated rings. The summed E-state index contributed by atoms with van der Waals surface area (Å²) in [5.74, 6) is -0.109. The van der Waals surface area contributed by atoms with E-state index in [4.69, 9.17) is 0 Å². The monoisotopic (exact) mass is 1050 g/mol. The molecule has 0 aliphatic heterocycles. The van der Waals surface area contributed by atoms with Crippen LogP contribution < -0.4 is 21.3 Å². The number of hydrogen-bond donors (Lipinski definition) is 4. The average molecular weight is 1050 g/mol. The van der Waals surface area contributed by atoms with Crippen molar-refractivity contribution in [2.75, 3.05) is 10.6 Å². The molecule has 0 unspecified atom stereocenters. The van der Waals surface area contributed by atoms with E-state index in [0.717, 1.165) is 61.2 Å². The highest BCUT2D eigenvalue weighted by molar-refractivity contribution is 14.1. The van der Waals surface area contributed by atoms with Crippen LogP contribution in [0.1, 0.15) is 75.1 Å². The molecular formula is C42H42Br2I2N4O2. The number of carbonyl (C=O) groups is 2. The average Bonchev–Trinajstić information content (AvgIpc) is 3.11. The molecule has 0 heterocycles. The minimum atomic E-state index is -0.108. The highest BCUT2D eigenvalue weighted by Crippen LogP contribution is 2.29. The molecule has 4 N–H and O–H groups in total. The summed E-state index contributed by atoms with van der Waals surface area (Å²) >= 11 is 11.6. The molecule has 52 heavy (non-hydrogen) atoms. The van der Waals surface area contributed by atoms with Crippen LogP contribution in [0.3, 0.4) is 0 Å². The summed E-state index contributed by atoms with van der Waals surface area (Å²) in [5.41, 5.74) is 9.48. The highest BCUT2D eigenvalue weighted by Gasteiger charge is 2.19. The lowest BCUT2D eigenvalue weighted by Crippen LogP contribution is -2.36. The second-order valence-corrected chi connectivity index (χ2v) is 17.4. The van der Waals surface area contributed by atoms with Gasteiger partial charge in [-0.1, -0.05) is 81.0 Å². The van der Waals surface area contributed by atoms with Gasteiger partial charge in [0.2, 0.25) is 0 Å². The van der Waals surface area contributed by atoms with Crippen molar-refractivity contribution in [3.63, 3.8) is 0 Å². The summed E-state index contributed by atoms with van der Waals surface area (Å²) in [6, 6.07) is 32.4. The van der Waals surface area contributed by atoms with E-state index in [1.807, 2.05) is 73.7 Å². The van der Waals surface area contributed by atoms with Crippen molar-refractivity contribution in [1.82, 2.24) is 10.6 Å². The number of hydrogen-bond acceptors (Lipinski definition) is 4. The Hall–Kier alpha value is -2.94. The summed E-state index contributed by atoms with van der Waals surface area (Å²) in [5, 5.41) is 13.1. The highest BCUT2D eigenvalue weighted by atomic mass is 127. The number of halogens is 4. The van der Waals surface area contributed by atoms with Crippen molar-refractivity contribution in [1.29, 1.82) is 0 Å². The number of aryl methyl sites for hydroxylation is 3. The SMILES string of the molecule is Cc1cc(I)ccc1Nc1ccc(Br)cc1C(=O)NC1CCCCC1.Cc1cccc(CNC(=O)c2cc(Br)ccc2Nc2ccc(I)cc2C)c1. The van der Waals surface area contributed by atoms with Gasteiger partial charge in [-0.05, 0) is 168 Å². The van der Waals surface area contributed by atoms with E-state index < -0.39 is 0 Å². The standard InChI is InChI=1S/C22H20BrIN2O.C20H22BrIN2O/c1-14-4-3-5-16(10-14)13-25-22(27)19-12-17(23)6-8-21(19)26-20-9-7-18(24)11-15(20)2;1-13-11-15(22)8-10-18(13)24-19-9-7-14(21)12-17(19)20(25)23-16-5-3-2-4-6-16/h3-12,26H,13H2,1-2H3,(H,25,27);7-12,16,24H,2-6H2,1H3,(H,23,25). The Kier molecular flexibility index (Phi) is 15.0. The van der Waals surface area contributed by atoms with Gasteiger partial charge in [-0.25, -0.2) is 0 Å². The molecule has 1 saturated carbocycles. The van der Waals surface area contributed by atoms with Crippen LogP contribution in [0.4, 0.5) is 22.7 Å². The van der Waals surface area contributed by atoms with E-state index in [1.165, 1.54) is 32.0 Å². The lowest BCUT2D eigenvalue weighted by Gasteiger charge is -2.23. The van der Waals surface area contributed by atoms with E-state index in [9.17, 15) is 9.59 Å². The fraction of sp³-hybridized carbons (Fsp3) is 0.238. The third-order valence-corrected chi connectivity index (χ3v) is 11.2. The lowest BCUT2D eigenvalue weighted by molar-refractivity contribution is 0.0926. The largest absolute Gasteiger partial charge is 0.355 e. The van der Waals surface area contributed by atoms with Gasteiger partial charge < -0.3 is 21.3 Å². The molecule has 270 valence electrons. The van der Waals surface area contributed by atoms with Crippen LogP contribution >= 0.6 is 77.0 Å². The summed E-state index contributed by atoms with van der Waals surface area (Å²) in [7, 11) is 0. The number of carbonyl (C=O) groups excluding carboxylic acids is 2. The van der Waals surface area contributed by atoms with E-state index in [-0.39, 0.29) is 11.8 Å². The van der Waals surface area contributed by atoms with Crippen LogP contribution in [0, 0.1) is 27.9 Å². The van der Waals surface area contributed by atoms with Crippen molar-refractivity contribution >= 4 is 112 Å². The predicted molar refractivity (Wildman–Crippen MR) is 239 cm³/mol. The van der Waals surface area contributed by atoms with Crippen molar-refractivity contribution < 1.29 is 9.59 Å². The Labute approximate surface area is 351 Å². The van der Waals surface area contributed by atoms with Crippen LogP contribution in [0.2, 0.25) is 0 Å². The van der Waals surface area contributed by atoms with E-state index >= 15 is 0 Å². The number of benzene rings is 5. The first-order chi connectivity index (χ1) is 24.9. The van der Waals surface area contributed by atoms with Crippen LogP contribution in [0.25, 0.3) is 0 Å². The molecule has 0 bridgehead atoms. The molecular weight excluding hydrogens is 1010 g/mol. The van der Waals surface area contributed by atoms with Crippen LogP contribution in [-0.4, -0.2) is 17.9 Å². The van der Waals surface area contributed by atoms with E-state index in [1.54, 1.807) is 0 Å². The molecule has 5 aromatic rings. The minimum absolute atomic E-state index is 0.00105.